The van der Waals surface area contributed by atoms with Crippen molar-refractivity contribution in [2.75, 3.05) is 11.2 Å². The molecular formula is C13H10ClF2N3O2. The Morgan fingerprint density at radius 2 is 2.00 bits per heavy atom. The number of nitrogens with one attached hydrogen (secondary N) is 1. The van der Waals surface area contributed by atoms with Gasteiger partial charge in [-0.25, -0.2) is 13.8 Å². The number of benzene rings is 1. The quantitative estimate of drug-likeness (QED) is 0.862. The summed E-state index contributed by atoms with van der Waals surface area (Å²) in [4.78, 5) is 18.5. The van der Waals surface area contributed by atoms with E-state index in [1.54, 1.807) is 0 Å². The number of nitrogens with zero attached hydrogens (tertiary/aromatic N) is 2. The van der Waals surface area contributed by atoms with Crippen molar-refractivity contribution in [3.05, 3.63) is 47.7 Å². The van der Waals surface area contributed by atoms with E-state index in [9.17, 15) is 13.6 Å². The summed E-state index contributed by atoms with van der Waals surface area (Å²) in [5.41, 5.74) is 0.690. The fraction of sp³-hybridized carbons (Fsp3) is 0.154. The number of carbonyl (C=O) groups is 1. The van der Waals surface area contributed by atoms with Gasteiger partial charge in [0.25, 0.3) is 0 Å². The summed E-state index contributed by atoms with van der Waals surface area (Å²) in [7, 11) is 0. The fourth-order valence-electron chi connectivity index (χ4n) is 1.40. The Kier molecular flexibility index (Phi) is 4.99. The number of alkyl halides is 1. The van der Waals surface area contributed by atoms with E-state index >= 15 is 0 Å². The van der Waals surface area contributed by atoms with Crippen molar-refractivity contribution < 1.29 is 18.3 Å². The first-order chi connectivity index (χ1) is 10.1. The first-order valence-corrected chi connectivity index (χ1v) is 6.37. The molecule has 0 spiro atoms. The second-order valence-corrected chi connectivity index (χ2v) is 4.21. The highest BCUT2D eigenvalue weighted by molar-refractivity contribution is 6.29. The van der Waals surface area contributed by atoms with Crippen LogP contribution in [0.4, 0.5) is 14.6 Å². The van der Waals surface area contributed by atoms with Crippen LogP contribution in [-0.2, 0) is 11.4 Å². The van der Waals surface area contributed by atoms with Gasteiger partial charge in [-0.05, 0) is 17.7 Å². The van der Waals surface area contributed by atoms with E-state index in [1.165, 1.54) is 24.3 Å². The molecule has 8 heteroatoms. The third kappa shape index (κ3) is 4.35. The lowest BCUT2D eigenvalue weighted by Gasteiger charge is -2.07. The Labute approximate surface area is 123 Å². The number of hydrogen-bond acceptors (Lipinski definition) is 4. The van der Waals surface area contributed by atoms with Crippen LogP contribution in [-0.4, -0.2) is 21.8 Å². The van der Waals surface area contributed by atoms with Crippen LogP contribution in [0.15, 0.2) is 30.5 Å². The molecule has 2 rings (SSSR count). The van der Waals surface area contributed by atoms with E-state index in [2.05, 4.69) is 15.3 Å². The molecule has 21 heavy (non-hydrogen) atoms. The predicted molar refractivity (Wildman–Crippen MR) is 72.1 cm³/mol. The zero-order valence-electron chi connectivity index (χ0n) is 10.6. The summed E-state index contributed by atoms with van der Waals surface area (Å²) < 4.78 is 31.4. The Morgan fingerprint density at radius 3 is 2.67 bits per heavy atom. The van der Waals surface area contributed by atoms with Crippen molar-refractivity contribution >= 4 is 23.3 Å². The predicted octanol–water partition coefficient (Wildman–Crippen LogP) is 2.51. The van der Waals surface area contributed by atoms with Gasteiger partial charge in [-0.2, -0.15) is 4.98 Å². The van der Waals surface area contributed by atoms with E-state index in [-0.39, 0.29) is 30.1 Å². The molecule has 0 saturated heterocycles. The minimum Gasteiger partial charge on any atom is -0.459 e. The number of carbonyl (C=O) groups excluding carboxylic acids is 1. The van der Waals surface area contributed by atoms with Crippen molar-refractivity contribution in [1.29, 1.82) is 0 Å². The number of halogens is 3. The van der Waals surface area contributed by atoms with E-state index in [0.29, 0.717) is 5.56 Å². The zero-order chi connectivity index (χ0) is 15.2. The Morgan fingerprint density at radius 1 is 1.29 bits per heavy atom. The number of anilines is 1. The van der Waals surface area contributed by atoms with Gasteiger partial charge >= 0.3 is 6.01 Å². The molecule has 1 N–H and O–H groups in total. The molecular weight excluding hydrogens is 304 g/mol. The van der Waals surface area contributed by atoms with Crippen LogP contribution in [0.1, 0.15) is 5.56 Å². The van der Waals surface area contributed by atoms with Crippen LogP contribution in [0.2, 0.25) is 0 Å². The zero-order valence-corrected chi connectivity index (χ0v) is 11.4. The van der Waals surface area contributed by atoms with Crippen LogP contribution >= 0.6 is 11.6 Å². The first-order valence-electron chi connectivity index (χ1n) is 5.84. The minimum atomic E-state index is -0.803. The lowest BCUT2D eigenvalue weighted by molar-refractivity contribution is -0.114. The highest BCUT2D eigenvalue weighted by atomic mass is 35.5. The molecule has 0 radical (unpaired) electrons. The lowest BCUT2D eigenvalue weighted by atomic mass is 10.2. The molecule has 1 aromatic heterocycles. The van der Waals surface area contributed by atoms with E-state index in [4.69, 9.17) is 16.3 Å². The van der Waals surface area contributed by atoms with Gasteiger partial charge in [0.15, 0.2) is 11.6 Å². The molecule has 0 aliphatic carbocycles. The third-order valence-electron chi connectivity index (χ3n) is 2.38. The summed E-state index contributed by atoms with van der Waals surface area (Å²) in [5, 5.41) is 2.18. The molecule has 2 aromatic rings. The monoisotopic (exact) mass is 313 g/mol. The first kappa shape index (κ1) is 15.1. The number of hydrogen-bond donors (Lipinski definition) is 1. The Hall–Kier alpha value is -2.28. The second-order valence-electron chi connectivity index (χ2n) is 3.95. The molecule has 0 aliphatic rings. The maximum absolute atomic E-state index is 13.4. The second kappa shape index (κ2) is 6.94. The van der Waals surface area contributed by atoms with Crippen LogP contribution < -0.4 is 10.1 Å². The average Bonchev–Trinajstić information content (AvgIpc) is 2.49. The molecule has 1 heterocycles. The summed E-state index contributed by atoms with van der Waals surface area (Å²) in [6.07, 6.45) is 0.872. The lowest BCUT2D eigenvalue weighted by Crippen LogP contribution is -2.15. The van der Waals surface area contributed by atoms with Crippen LogP contribution in [0.25, 0.3) is 0 Å². The molecule has 0 aliphatic heterocycles. The molecule has 110 valence electrons. The van der Waals surface area contributed by atoms with E-state index in [0.717, 1.165) is 6.20 Å². The largest absolute Gasteiger partial charge is 0.459 e. The van der Waals surface area contributed by atoms with Gasteiger partial charge in [-0.15, -0.1) is 11.6 Å². The molecule has 5 nitrogen and oxygen atoms in total. The summed E-state index contributed by atoms with van der Waals surface area (Å²) in [6.45, 7) is 0.0782. The standard InChI is InChI=1S/C13H10ClF2N3O2/c14-5-11(20)18-12-10(16)6-17-13(19-12)21-7-8-1-3-9(15)4-2-8/h1-4,6H,5,7H2,(H,17,18,19,20). The molecule has 0 unspecified atom stereocenters. The summed E-state index contributed by atoms with van der Waals surface area (Å²) >= 11 is 5.31. The van der Waals surface area contributed by atoms with Crippen LogP contribution in [0.5, 0.6) is 6.01 Å². The van der Waals surface area contributed by atoms with Gasteiger partial charge in [-0.3, -0.25) is 4.79 Å². The molecule has 0 saturated carbocycles. The Bertz CT molecular complexity index is 638. The van der Waals surface area contributed by atoms with E-state index in [1.807, 2.05) is 0 Å². The number of amides is 1. The highest BCUT2D eigenvalue weighted by Crippen LogP contribution is 2.14. The number of aromatic nitrogens is 2. The maximum atomic E-state index is 13.4. The number of rotatable bonds is 5. The maximum Gasteiger partial charge on any atom is 0.318 e. The molecule has 0 fully saturated rings. The van der Waals surface area contributed by atoms with E-state index < -0.39 is 11.7 Å². The van der Waals surface area contributed by atoms with Gasteiger partial charge < -0.3 is 10.1 Å². The SMILES string of the molecule is O=C(CCl)Nc1nc(OCc2ccc(F)cc2)ncc1F. The van der Waals surface area contributed by atoms with Crippen LogP contribution in [0.3, 0.4) is 0 Å². The molecule has 1 aromatic carbocycles. The minimum absolute atomic E-state index is 0.0782. The molecule has 1 amide bonds. The third-order valence-corrected chi connectivity index (χ3v) is 2.63. The van der Waals surface area contributed by atoms with Gasteiger partial charge in [0.05, 0.1) is 6.20 Å². The molecule has 0 bridgehead atoms. The number of ether oxygens (including phenoxy) is 1. The van der Waals surface area contributed by atoms with Crippen molar-refractivity contribution in [3.8, 4) is 6.01 Å². The van der Waals surface area contributed by atoms with Crippen molar-refractivity contribution in [2.45, 2.75) is 6.61 Å². The van der Waals surface area contributed by atoms with Gasteiger partial charge in [0.1, 0.15) is 18.3 Å². The summed E-state index contributed by atoms with van der Waals surface area (Å²) in [6, 6.07) is 5.53. The fourth-order valence-corrected chi connectivity index (χ4v) is 1.47. The van der Waals surface area contributed by atoms with Crippen LogP contribution in [0, 0.1) is 11.6 Å². The topological polar surface area (TPSA) is 64.1 Å². The van der Waals surface area contributed by atoms with Crippen molar-refractivity contribution in [3.63, 3.8) is 0 Å². The van der Waals surface area contributed by atoms with Gasteiger partial charge in [0.2, 0.25) is 5.91 Å². The van der Waals surface area contributed by atoms with Crippen molar-refractivity contribution in [2.24, 2.45) is 0 Å². The van der Waals surface area contributed by atoms with Gasteiger partial charge in [0, 0.05) is 0 Å². The smallest absolute Gasteiger partial charge is 0.318 e. The average molecular weight is 314 g/mol. The molecule has 0 atom stereocenters. The normalized spacial score (nSPS) is 10.2. The van der Waals surface area contributed by atoms with Crippen molar-refractivity contribution in [1.82, 2.24) is 9.97 Å². The Balaban J connectivity index is 2.04. The summed E-state index contributed by atoms with van der Waals surface area (Å²) in [5.74, 6) is -2.40. The van der Waals surface area contributed by atoms with Gasteiger partial charge in [-0.1, -0.05) is 12.1 Å². The highest BCUT2D eigenvalue weighted by Gasteiger charge is 2.10.